The van der Waals surface area contributed by atoms with Gasteiger partial charge in [0, 0.05) is 11.0 Å². The molecular formula is C17H26N2OS. The van der Waals surface area contributed by atoms with Crippen LogP contribution >= 0.6 is 11.8 Å². The first-order valence-corrected chi connectivity index (χ1v) is 9.24. The van der Waals surface area contributed by atoms with Crippen LogP contribution < -0.4 is 16.0 Å². The summed E-state index contributed by atoms with van der Waals surface area (Å²) in [5, 5.41) is 0.820. The molecule has 1 aromatic rings. The molecular weight excluding hydrogens is 280 g/mol. The van der Waals surface area contributed by atoms with Gasteiger partial charge in [-0.2, -0.15) is 11.8 Å². The fourth-order valence-electron chi connectivity index (χ4n) is 2.89. The van der Waals surface area contributed by atoms with Gasteiger partial charge in [-0.25, -0.2) is 0 Å². The molecule has 2 saturated carbocycles. The van der Waals surface area contributed by atoms with Crippen LogP contribution in [-0.4, -0.2) is 17.1 Å². The summed E-state index contributed by atoms with van der Waals surface area (Å²) in [5.74, 6) is 7.80. The third-order valence-electron chi connectivity index (χ3n) is 4.34. The Hall–Kier alpha value is -0.710. The monoisotopic (exact) mass is 306 g/mol. The van der Waals surface area contributed by atoms with Gasteiger partial charge in [0.15, 0.2) is 0 Å². The van der Waals surface area contributed by atoms with E-state index in [2.05, 4.69) is 35.4 Å². The lowest BCUT2D eigenvalue weighted by molar-refractivity contribution is 0.302. The molecule has 0 saturated heterocycles. The second kappa shape index (κ2) is 7.52. The third-order valence-corrected chi connectivity index (χ3v) is 5.81. The number of benzene rings is 1. The summed E-state index contributed by atoms with van der Waals surface area (Å²) in [4.78, 5) is 0. The molecule has 21 heavy (non-hydrogen) atoms. The first kappa shape index (κ1) is 15.2. The molecule has 1 atom stereocenters. The van der Waals surface area contributed by atoms with E-state index in [1.54, 1.807) is 0 Å². The van der Waals surface area contributed by atoms with E-state index < -0.39 is 0 Å². The lowest BCUT2D eigenvalue weighted by atomic mass is 10.0. The maximum absolute atomic E-state index is 5.88. The molecule has 4 heteroatoms. The van der Waals surface area contributed by atoms with Crippen LogP contribution in [0.15, 0.2) is 24.3 Å². The van der Waals surface area contributed by atoms with E-state index in [-0.39, 0.29) is 6.04 Å². The number of hydrazine groups is 1. The molecule has 0 amide bonds. The smallest absolute Gasteiger partial charge is 0.120 e. The molecule has 2 aliphatic rings. The van der Waals surface area contributed by atoms with Gasteiger partial charge in [0.05, 0.1) is 12.1 Å². The minimum Gasteiger partial charge on any atom is -0.490 e. The minimum absolute atomic E-state index is 0.208. The van der Waals surface area contributed by atoms with Crippen LogP contribution in [0.5, 0.6) is 5.75 Å². The zero-order valence-electron chi connectivity index (χ0n) is 12.6. The number of nitrogens with two attached hydrogens (primary N) is 1. The lowest BCUT2D eigenvalue weighted by Gasteiger charge is -2.24. The van der Waals surface area contributed by atoms with E-state index in [1.165, 1.54) is 50.5 Å². The first-order valence-electron chi connectivity index (χ1n) is 8.19. The molecule has 0 aromatic heterocycles. The SMILES string of the molecule is NNC(CSC1CCCCC1)c1cccc(OC2CC2)c1. The Morgan fingerprint density at radius 2 is 2.00 bits per heavy atom. The highest BCUT2D eigenvalue weighted by Crippen LogP contribution is 2.32. The molecule has 0 heterocycles. The van der Waals surface area contributed by atoms with E-state index in [1.807, 2.05) is 6.07 Å². The second-order valence-corrected chi connectivity index (χ2v) is 7.54. The van der Waals surface area contributed by atoms with E-state index in [0.29, 0.717) is 6.10 Å². The van der Waals surface area contributed by atoms with Crippen LogP contribution in [0.1, 0.15) is 56.6 Å². The Kier molecular flexibility index (Phi) is 5.44. The number of hydrogen-bond donors (Lipinski definition) is 2. The molecule has 0 spiro atoms. The van der Waals surface area contributed by atoms with E-state index in [4.69, 9.17) is 10.6 Å². The fourth-order valence-corrected chi connectivity index (χ4v) is 4.31. The molecule has 1 unspecified atom stereocenters. The summed E-state index contributed by atoms with van der Waals surface area (Å²) >= 11 is 2.07. The van der Waals surface area contributed by atoms with Crippen molar-refractivity contribution in [2.45, 2.75) is 62.3 Å². The average molecular weight is 306 g/mol. The highest BCUT2D eigenvalue weighted by molar-refractivity contribution is 7.99. The number of nitrogens with one attached hydrogen (secondary N) is 1. The first-order chi connectivity index (χ1) is 10.3. The predicted molar refractivity (Wildman–Crippen MR) is 89.5 cm³/mol. The van der Waals surface area contributed by atoms with Crippen LogP contribution in [0.25, 0.3) is 0 Å². The van der Waals surface area contributed by atoms with E-state index in [9.17, 15) is 0 Å². The van der Waals surface area contributed by atoms with Gasteiger partial charge in [-0.1, -0.05) is 31.4 Å². The van der Waals surface area contributed by atoms with Gasteiger partial charge in [0.1, 0.15) is 5.75 Å². The maximum atomic E-state index is 5.88. The predicted octanol–water partition coefficient (Wildman–Crippen LogP) is 3.80. The molecule has 2 aliphatic carbocycles. The Bertz CT molecular complexity index is 444. The molecule has 1 aromatic carbocycles. The number of thioether (sulfide) groups is 1. The van der Waals surface area contributed by atoms with Crippen molar-refractivity contribution in [1.82, 2.24) is 5.43 Å². The van der Waals surface area contributed by atoms with Crippen molar-refractivity contribution in [3.63, 3.8) is 0 Å². The quantitative estimate of drug-likeness (QED) is 0.594. The van der Waals surface area contributed by atoms with Crippen LogP contribution in [-0.2, 0) is 0 Å². The molecule has 3 nitrogen and oxygen atoms in total. The van der Waals surface area contributed by atoms with E-state index >= 15 is 0 Å². The summed E-state index contributed by atoms with van der Waals surface area (Å²) in [5.41, 5.74) is 4.21. The zero-order chi connectivity index (χ0) is 14.5. The van der Waals surface area contributed by atoms with Crippen molar-refractivity contribution in [3.8, 4) is 5.75 Å². The molecule has 2 fully saturated rings. The fraction of sp³-hybridized carbons (Fsp3) is 0.647. The second-order valence-electron chi connectivity index (χ2n) is 6.20. The van der Waals surface area contributed by atoms with Crippen molar-refractivity contribution in [1.29, 1.82) is 0 Å². The minimum atomic E-state index is 0.208. The van der Waals surface area contributed by atoms with Crippen molar-refractivity contribution in [3.05, 3.63) is 29.8 Å². The topological polar surface area (TPSA) is 47.3 Å². The summed E-state index contributed by atoms with van der Waals surface area (Å²) in [6.45, 7) is 0. The zero-order valence-corrected chi connectivity index (χ0v) is 13.4. The number of rotatable bonds is 7. The summed E-state index contributed by atoms with van der Waals surface area (Å²) in [6.07, 6.45) is 9.77. The Balaban J connectivity index is 1.56. The molecule has 116 valence electrons. The largest absolute Gasteiger partial charge is 0.490 e. The van der Waals surface area contributed by atoms with Gasteiger partial charge in [-0.3, -0.25) is 11.3 Å². The van der Waals surface area contributed by atoms with Gasteiger partial charge in [-0.05, 0) is 43.4 Å². The van der Waals surface area contributed by atoms with Crippen molar-refractivity contribution >= 4 is 11.8 Å². The van der Waals surface area contributed by atoms with Gasteiger partial charge in [-0.15, -0.1) is 0 Å². The van der Waals surface area contributed by atoms with Crippen LogP contribution in [0, 0.1) is 0 Å². The summed E-state index contributed by atoms with van der Waals surface area (Å²) in [6, 6.07) is 8.61. The van der Waals surface area contributed by atoms with Gasteiger partial charge < -0.3 is 4.74 Å². The summed E-state index contributed by atoms with van der Waals surface area (Å²) < 4.78 is 5.88. The van der Waals surface area contributed by atoms with Crippen LogP contribution in [0.3, 0.4) is 0 Å². The maximum Gasteiger partial charge on any atom is 0.120 e. The van der Waals surface area contributed by atoms with E-state index in [0.717, 1.165) is 16.8 Å². The Morgan fingerprint density at radius 3 is 2.71 bits per heavy atom. The molecule has 0 aliphatic heterocycles. The number of hydrogen-bond acceptors (Lipinski definition) is 4. The van der Waals surface area contributed by atoms with Gasteiger partial charge >= 0.3 is 0 Å². The Labute approximate surface area is 132 Å². The van der Waals surface area contributed by atoms with Crippen LogP contribution in [0.4, 0.5) is 0 Å². The highest BCUT2D eigenvalue weighted by atomic mass is 32.2. The van der Waals surface area contributed by atoms with Crippen molar-refractivity contribution < 1.29 is 4.74 Å². The lowest BCUT2D eigenvalue weighted by Crippen LogP contribution is -2.30. The normalized spacial score (nSPS) is 21.2. The van der Waals surface area contributed by atoms with Gasteiger partial charge in [0.25, 0.3) is 0 Å². The van der Waals surface area contributed by atoms with Gasteiger partial charge in [0.2, 0.25) is 0 Å². The standard InChI is InChI=1S/C17H26N2OS/c18-19-17(12-21-16-7-2-1-3-8-16)13-5-4-6-15(11-13)20-14-9-10-14/h4-6,11,14,16-17,19H,1-3,7-10,12,18H2. The highest BCUT2D eigenvalue weighted by Gasteiger charge is 2.24. The molecule has 3 rings (SSSR count). The van der Waals surface area contributed by atoms with Crippen molar-refractivity contribution in [2.24, 2.45) is 5.84 Å². The average Bonchev–Trinajstić information content (AvgIpc) is 3.33. The molecule has 0 radical (unpaired) electrons. The Morgan fingerprint density at radius 1 is 1.19 bits per heavy atom. The number of ether oxygens (including phenoxy) is 1. The summed E-state index contributed by atoms with van der Waals surface area (Å²) in [7, 11) is 0. The van der Waals surface area contributed by atoms with Crippen LogP contribution in [0.2, 0.25) is 0 Å². The molecule has 0 bridgehead atoms. The molecule has 3 N–H and O–H groups in total. The van der Waals surface area contributed by atoms with Crippen molar-refractivity contribution in [2.75, 3.05) is 5.75 Å². The third kappa shape index (κ3) is 4.63.